The van der Waals surface area contributed by atoms with Crippen molar-refractivity contribution in [1.29, 1.82) is 0 Å². The molecule has 6 amide bonds. The molecular weight excluding hydrogens is 1620 g/mol. The number of aliphatic carboxylic acids is 1. The molecule has 7 heterocycles. The molecule has 4 aliphatic rings. The zero-order valence-corrected chi connectivity index (χ0v) is 70.9. The molecular formula is C86H102F10N18O9. The second kappa shape index (κ2) is 38.7. The third-order valence-corrected chi connectivity index (χ3v) is 21.7. The molecule has 0 radical (unpaired) electrons. The number of aliphatic hydroxyl groups is 1. The van der Waals surface area contributed by atoms with Crippen molar-refractivity contribution in [3.8, 4) is 45.0 Å². The SMILES string of the molecule is CN1CCc2c(c(-c3cc(F)c(F)cc3F)nn2C(=O)N[C@@H](CO)c2ccccc2)C1.CN1CCc2c(c(-c3cc(F)c(F)cc3F)nn2C(=O)N[C@H](C(=O)O)C(C)(C)C)C1.CNC(=O)[C@@H](NC(=O)n1nc(-c2ccc(F)c(F)c2)c2c1CCC(NC)C2)C(C)(C)C.CNC(=O)[C@@H](NC(=O)n1nc(-c2ccc(F)c(F)c2)c2c1CCCCN2C)C(C)(C)C. The standard InChI is InChI=1S/C22H21F3N4O2.2C22H29F2N5O2.C20H23F3N4O3/c1-28-8-7-20-15(11-28)21(14-9-17(24)18(25)10-16(14)23)27-29(20)22(31)26-19(12-30)13-5-3-2-4-6-13;1-22(2,3)19(20(30)26-5)27-21(31)29-17-9-7-13(25-4)11-14(17)18(28-29)12-6-8-15(23)16(24)10-12;1-22(2,3)19(20(30)25-4)26-21(31)29-16-8-6-7-11-28(5)18(16)17(27-29)13-9-10-14(23)15(24)12-13;1-20(2,3)17(18(28)29)24-19(30)27-15-5-6-26(4)9-11(15)16(25-27)10-7-13(22)14(23)8-12(10)21/h2-6,9-10,19,30H,7-8,11-12H2,1H3,(H,26,31);6,8,10,13,19,25H,7,9,11H2,1-5H3,(H,26,30)(H,27,31);9-10,12,19H,6-8,11H2,1-5H3,(H,25,30)(H,26,31);7-8,17H,5-6,9H2,1-4H3,(H,24,30)(H,28,29)/t19-;13?,19-;19-;17-/m0111/s1. The Morgan fingerprint density at radius 2 is 0.837 bits per heavy atom. The van der Waals surface area contributed by atoms with Crippen molar-refractivity contribution in [2.24, 2.45) is 16.2 Å². The van der Waals surface area contributed by atoms with E-state index in [1.54, 1.807) is 45.0 Å². The molecule has 3 aliphatic heterocycles. The van der Waals surface area contributed by atoms with E-state index in [0.29, 0.717) is 144 Å². The molecule has 4 aromatic heterocycles. The lowest BCUT2D eigenvalue weighted by Gasteiger charge is -2.30. The highest BCUT2D eigenvalue weighted by molar-refractivity contribution is 5.91. The maximum Gasteiger partial charge on any atom is 0.343 e. The first-order valence-electron chi connectivity index (χ1n) is 39.8. The Morgan fingerprint density at radius 1 is 0.439 bits per heavy atom. The summed E-state index contributed by atoms with van der Waals surface area (Å²) in [5.74, 6) is -12.7. The molecule has 13 rings (SSSR count). The van der Waals surface area contributed by atoms with Crippen LogP contribution in [0.5, 0.6) is 0 Å². The molecule has 0 saturated carbocycles. The minimum Gasteiger partial charge on any atom is -0.480 e. The van der Waals surface area contributed by atoms with E-state index in [2.05, 4.69) is 57.6 Å². The maximum atomic E-state index is 14.5. The lowest BCUT2D eigenvalue weighted by molar-refractivity contribution is -0.142. The summed E-state index contributed by atoms with van der Waals surface area (Å²) in [6.45, 7) is 18.5. The number of anilines is 1. The van der Waals surface area contributed by atoms with Gasteiger partial charge in [-0.2, -0.15) is 39.1 Å². The number of carbonyl (C=O) groups excluding carboxylic acids is 6. The van der Waals surface area contributed by atoms with Crippen LogP contribution in [0.15, 0.2) is 91.0 Å². The number of carbonyl (C=O) groups is 7. The molecule has 9 aromatic rings. The average Bonchev–Trinajstić information content (AvgIpc) is 1.64. The highest BCUT2D eigenvalue weighted by Gasteiger charge is 2.40. The smallest absolute Gasteiger partial charge is 0.343 e. The topological polar surface area (TPSA) is 325 Å². The number of likely N-dealkylation sites (N-methyl/N-ethyl adjacent to an activating group) is 5. The molecule has 5 aromatic carbocycles. The van der Waals surface area contributed by atoms with Gasteiger partial charge in [0.15, 0.2) is 46.5 Å². The highest BCUT2D eigenvalue weighted by atomic mass is 19.2. The second-order valence-corrected chi connectivity index (χ2v) is 33.9. The van der Waals surface area contributed by atoms with Gasteiger partial charge in [-0.1, -0.05) is 92.6 Å². The minimum atomic E-state index is -1.33. The summed E-state index contributed by atoms with van der Waals surface area (Å²) in [5, 5.41) is 55.8. The van der Waals surface area contributed by atoms with Gasteiger partial charge in [-0.05, 0) is 130 Å². The first-order valence-corrected chi connectivity index (χ1v) is 39.8. The van der Waals surface area contributed by atoms with Crippen LogP contribution in [0.3, 0.4) is 0 Å². The number of benzene rings is 5. The van der Waals surface area contributed by atoms with Gasteiger partial charge in [-0.3, -0.25) is 9.59 Å². The van der Waals surface area contributed by atoms with Gasteiger partial charge in [0.05, 0.1) is 46.8 Å². The molecule has 1 aliphatic carbocycles. The fourth-order valence-corrected chi connectivity index (χ4v) is 15.0. The van der Waals surface area contributed by atoms with E-state index >= 15 is 0 Å². The van der Waals surface area contributed by atoms with Crippen LogP contribution in [0.1, 0.15) is 133 Å². The molecule has 9 N–H and O–H groups in total. The lowest BCUT2D eigenvalue weighted by Crippen LogP contribution is -2.54. The largest absolute Gasteiger partial charge is 0.480 e. The lowest BCUT2D eigenvalue weighted by atomic mass is 9.86. The highest BCUT2D eigenvalue weighted by Crippen LogP contribution is 2.40. The Bertz CT molecular complexity index is 5440. The summed E-state index contributed by atoms with van der Waals surface area (Å²) >= 11 is 0. The molecule has 27 nitrogen and oxygen atoms in total. The van der Waals surface area contributed by atoms with Crippen molar-refractivity contribution in [1.82, 2.24) is 86.1 Å². The fraction of sp³-hybridized carbons (Fsp3) is 0.430. The second-order valence-electron chi connectivity index (χ2n) is 33.9. The van der Waals surface area contributed by atoms with E-state index in [4.69, 9.17) is 0 Å². The van der Waals surface area contributed by atoms with E-state index in [9.17, 15) is 87.7 Å². The summed E-state index contributed by atoms with van der Waals surface area (Å²) in [6.07, 6.45) is 5.23. The summed E-state index contributed by atoms with van der Waals surface area (Å²) in [7, 11) is 10.5. The first kappa shape index (κ1) is 93.4. The Morgan fingerprint density at radius 3 is 1.26 bits per heavy atom. The first-order chi connectivity index (χ1) is 57.9. The Kier molecular flexibility index (Phi) is 29.4. The van der Waals surface area contributed by atoms with Crippen molar-refractivity contribution in [3.63, 3.8) is 0 Å². The molecule has 660 valence electrons. The number of carboxylic acids is 1. The van der Waals surface area contributed by atoms with Crippen molar-refractivity contribution < 1.29 is 87.7 Å². The summed E-state index contributed by atoms with van der Waals surface area (Å²) in [5.41, 5.74) is 5.21. The molecule has 5 atom stereocenters. The van der Waals surface area contributed by atoms with Gasteiger partial charge in [0.1, 0.15) is 46.8 Å². The zero-order valence-electron chi connectivity index (χ0n) is 70.9. The number of nitrogens with zero attached hydrogens (tertiary/aromatic N) is 11. The summed E-state index contributed by atoms with van der Waals surface area (Å²) in [6, 6.07) is 12.8. The third kappa shape index (κ3) is 21.3. The van der Waals surface area contributed by atoms with Gasteiger partial charge < -0.3 is 62.1 Å². The van der Waals surface area contributed by atoms with Crippen LogP contribution in [0, 0.1) is 74.4 Å². The van der Waals surface area contributed by atoms with E-state index in [-0.39, 0.29) is 47.0 Å². The van der Waals surface area contributed by atoms with Gasteiger partial charge in [0.2, 0.25) is 11.8 Å². The van der Waals surface area contributed by atoms with Crippen LogP contribution in [-0.2, 0) is 59.6 Å². The molecule has 0 fully saturated rings. The maximum absolute atomic E-state index is 14.5. The number of amides is 6. The number of fused-ring (bicyclic) bond motifs is 4. The third-order valence-electron chi connectivity index (χ3n) is 21.7. The van der Waals surface area contributed by atoms with Crippen LogP contribution in [-0.4, -0.2) is 194 Å². The van der Waals surface area contributed by atoms with Crippen molar-refractivity contribution in [3.05, 3.63) is 194 Å². The van der Waals surface area contributed by atoms with Crippen LogP contribution < -0.4 is 42.1 Å². The molecule has 123 heavy (non-hydrogen) atoms. The Hall–Kier alpha value is -11.8. The number of hydrogen-bond acceptors (Lipinski definition) is 16. The van der Waals surface area contributed by atoms with Crippen LogP contribution in [0.2, 0.25) is 0 Å². The molecule has 0 spiro atoms. The van der Waals surface area contributed by atoms with Gasteiger partial charge in [-0.15, -0.1) is 0 Å². The van der Waals surface area contributed by atoms with E-state index in [0.717, 1.165) is 71.1 Å². The average molecular weight is 1720 g/mol. The van der Waals surface area contributed by atoms with Crippen molar-refractivity contribution in [2.75, 3.05) is 73.4 Å². The van der Waals surface area contributed by atoms with Crippen molar-refractivity contribution >= 4 is 47.6 Å². The molecule has 1 unspecified atom stereocenters. The van der Waals surface area contributed by atoms with E-state index in [1.165, 1.54) is 35.6 Å². The van der Waals surface area contributed by atoms with Gasteiger partial charge in [-0.25, -0.2) is 67.9 Å². The monoisotopic (exact) mass is 1720 g/mol. The number of aliphatic hydroxyl groups excluding tert-OH is 1. The van der Waals surface area contributed by atoms with Crippen LogP contribution in [0.25, 0.3) is 45.0 Å². The zero-order chi connectivity index (χ0) is 90.3. The number of aromatic nitrogens is 8. The van der Waals surface area contributed by atoms with E-state index in [1.807, 2.05) is 90.5 Å². The Balaban J connectivity index is 0.000000172. The number of carboxylic acid groups (broad SMARTS) is 1. The minimum absolute atomic E-state index is 0.0192. The number of nitrogens with one attached hydrogen (secondary N) is 7. The number of rotatable bonds is 14. The van der Waals surface area contributed by atoms with Gasteiger partial charge in [0.25, 0.3) is 0 Å². The van der Waals surface area contributed by atoms with Gasteiger partial charge >= 0.3 is 30.1 Å². The predicted molar refractivity (Wildman–Crippen MR) is 439 cm³/mol. The fourth-order valence-electron chi connectivity index (χ4n) is 15.0. The van der Waals surface area contributed by atoms with Crippen LogP contribution in [0.4, 0.5) is 68.8 Å². The quantitative estimate of drug-likeness (QED) is 0.0361. The normalized spacial score (nSPS) is 15.7. The van der Waals surface area contributed by atoms with Crippen LogP contribution >= 0.6 is 0 Å². The Labute approximate surface area is 704 Å². The molecule has 0 bridgehead atoms. The molecule has 0 saturated heterocycles. The number of hydrogen-bond donors (Lipinski definition) is 9. The predicted octanol–water partition coefficient (Wildman–Crippen LogP) is 12.2. The molecule has 37 heteroatoms. The number of halogens is 10. The van der Waals surface area contributed by atoms with Crippen molar-refractivity contribution in [2.45, 2.75) is 157 Å². The summed E-state index contributed by atoms with van der Waals surface area (Å²) in [4.78, 5) is 94.5. The summed E-state index contributed by atoms with van der Waals surface area (Å²) < 4.78 is 143. The van der Waals surface area contributed by atoms with E-state index < -0.39 is 129 Å². The van der Waals surface area contributed by atoms with Gasteiger partial charge in [0, 0.05) is 124 Å².